The summed E-state index contributed by atoms with van der Waals surface area (Å²) in [5, 5.41) is 10.2. The molecule has 1 aromatic rings. The summed E-state index contributed by atoms with van der Waals surface area (Å²) in [4.78, 5) is 4.09. The second-order valence-corrected chi connectivity index (χ2v) is 4.17. The first-order chi connectivity index (χ1) is 7.26. The molecule has 2 atom stereocenters. The van der Waals surface area contributed by atoms with Gasteiger partial charge in [0.1, 0.15) is 12.2 Å². The molecule has 1 heterocycles. The molecule has 15 heavy (non-hydrogen) atoms. The molecular formula is C11H22N4. The van der Waals surface area contributed by atoms with Crippen LogP contribution >= 0.6 is 0 Å². The molecule has 2 N–H and O–H groups in total. The van der Waals surface area contributed by atoms with Crippen LogP contribution < -0.4 is 5.32 Å². The minimum absolute atomic E-state index is 0.588. The summed E-state index contributed by atoms with van der Waals surface area (Å²) in [6.07, 6.45) is 5.20. The molecule has 2 unspecified atom stereocenters. The Morgan fingerprint density at radius 2 is 2.20 bits per heavy atom. The molecule has 4 nitrogen and oxygen atoms in total. The highest BCUT2D eigenvalue weighted by Gasteiger charge is 2.10. The highest BCUT2D eigenvalue weighted by molar-refractivity contribution is 4.80. The Hall–Kier alpha value is -0.900. The highest BCUT2D eigenvalue weighted by Crippen LogP contribution is 2.12. The van der Waals surface area contributed by atoms with E-state index in [0.29, 0.717) is 6.04 Å². The third-order valence-electron chi connectivity index (χ3n) is 2.90. The maximum atomic E-state index is 4.09. The molecule has 0 aliphatic heterocycles. The summed E-state index contributed by atoms with van der Waals surface area (Å²) in [5.41, 5.74) is 0. The smallest absolute Gasteiger partial charge is 0.138 e. The van der Waals surface area contributed by atoms with Gasteiger partial charge in [-0.1, -0.05) is 27.2 Å². The summed E-state index contributed by atoms with van der Waals surface area (Å²) in [5.74, 6) is 1.70. The van der Waals surface area contributed by atoms with E-state index in [-0.39, 0.29) is 0 Å². The second kappa shape index (κ2) is 6.56. The Labute approximate surface area is 91.9 Å². The Morgan fingerprint density at radius 1 is 1.40 bits per heavy atom. The quantitative estimate of drug-likeness (QED) is 0.724. The summed E-state index contributed by atoms with van der Waals surface area (Å²) < 4.78 is 0. The number of hydrogen-bond acceptors (Lipinski definition) is 3. The number of H-pyrrole nitrogens is 1. The molecule has 0 saturated heterocycles. The Bertz CT molecular complexity index is 245. The number of rotatable bonds is 7. The van der Waals surface area contributed by atoms with Crippen LogP contribution in [0.5, 0.6) is 0 Å². The lowest BCUT2D eigenvalue weighted by atomic mass is 9.98. The van der Waals surface area contributed by atoms with Gasteiger partial charge in [-0.25, -0.2) is 4.98 Å². The van der Waals surface area contributed by atoms with E-state index in [1.54, 1.807) is 6.33 Å². The van der Waals surface area contributed by atoms with Crippen LogP contribution in [-0.2, 0) is 6.54 Å². The van der Waals surface area contributed by atoms with Crippen molar-refractivity contribution < 1.29 is 0 Å². The summed E-state index contributed by atoms with van der Waals surface area (Å²) >= 11 is 0. The summed E-state index contributed by atoms with van der Waals surface area (Å²) in [6, 6.07) is 0.588. The minimum atomic E-state index is 0.588. The number of nitrogens with one attached hydrogen (secondary N) is 2. The van der Waals surface area contributed by atoms with Gasteiger partial charge in [0.25, 0.3) is 0 Å². The van der Waals surface area contributed by atoms with E-state index >= 15 is 0 Å². The van der Waals surface area contributed by atoms with E-state index in [0.717, 1.165) is 18.3 Å². The SMILES string of the molecule is CCC(C)CC(CC)NCc1ncn[nH]1. The lowest BCUT2D eigenvalue weighted by Gasteiger charge is -2.19. The zero-order valence-corrected chi connectivity index (χ0v) is 9.95. The lowest BCUT2D eigenvalue weighted by molar-refractivity contribution is 0.381. The third-order valence-corrected chi connectivity index (χ3v) is 2.90. The van der Waals surface area contributed by atoms with Gasteiger partial charge in [-0.15, -0.1) is 0 Å². The molecule has 0 bridgehead atoms. The van der Waals surface area contributed by atoms with E-state index < -0.39 is 0 Å². The highest BCUT2D eigenvalue weighted by atomic mass is 15.2. The first kappa shape index (κ1) is 12.2. The fraction of sp³-hybridized carbons (Fsp3) is 0.818. The van der Waals surface area contributed by atoms with Crippen molar-refractivity contribution >= 4 is 0 Å². The zero-order valence-electron chi connectivity index (χ0n) is 9.95. The van der Waals surface area contributed by atoms with Crippen molar-refractivity contribution in [3.8, 4) is 0 Å². The van der Waals surface area contributed by atoms with Crippen molar-refractivity contribution in [1.82, 2.24) is 20.5 Å². The summed E-state index contributed by atoms with van der Waals surface area (Å²) in [7, 11) is 0. The molecule has 0 amide bonds. The van der Waals surface area contributed by atoms with E-state index in [2.05, 4.69) is 41.3 Å². The van der Waals surface area contributed by atoms with Crippen molar-refractivity contribution in [2.45, 2.75) is 52.6 Å². The molecule has 0 saturated carbocycles. The van der Waals surface area contributed by atoms with Crippen molar-refractivity contribution in [2.75, 3.05) is 0 Å². The monoisotopic (exact) mass is 210 g/mol. The van der Waals surface area contributed by atoms with Crippen LogP contribution in [0.3, 0.4) is 0 Å². The van der Waals surface area contributed by atoms with Crippen LogP contribution in [0, 0.1) is 5.92 Å². The van der Waals surface area contributed by atoms with Crippen LogP contribution in [0.15, 0.2) is 6.33 Å². The number of nitrogens with zero attached hydrogens (tertiary/aromatic N) is 2. The normalized spacial score (nSPS) is 15.1. The number of aromatic amines is 1. The fourth-order valence-electron chi connectivity index (χ4n) is 1.60. The Balaban J connectivity index is 2.27. The topological polar surface area (TPSA) is 53.6 Å². The summed E-state index contributed by atoms with van der Waals surface area (Å²) in [6.45, 7) is 7.56. The maximum absolute atomic E-state index is 4.09. The predicted molar refractivity (Wildman–Crippen MR) is 61.4 cm³/mol. The van der Waals surface area contributed by atoms with Gasteiger partial charge < -0.3 is 5.32 Å². The van der Waals surface area contributed by atoms with Crippen molar-refractivity contribution in [3.63, 3.8) is 0 Å². The molecular weight excluding hydrogens is 188 g/mol. The lowest BCUT2D eigenvalue weighted by Crippen LogP contribution is -2.30. The van der Waals surface area contributed by atoms with E-state index in [9.17, 15) is 0 Å². The van der Waals surface area contributed by atoms with Crippen molar-refractivity contribution in [2.24, 2.45) is 5.92 Å². The van der Waals surface area contributed by atoms with Crippen LogP contribution in [0.25, 0.3) is 0 Å². The Morgan fingerprint density at radius 3 is 2.73 bits per heavy atom. The van der Waals surface area contributed by atoms with Crippen molar-refractivity contribution in [3.05, 3.63) is 12.2 Å². The molecule has 0 aliphatic rings. The van der Waals surface area contributed by atoms with Gasteiger partial charge in [-0.05, 0) is 18.8 Å². The van der Waals surface area contributed by atoms with Gasteiger partial charge in [0.05, 0.1) is 6.54 Å². The van der Waals surface area contributed by atoms with Gasteiger partial charge in [0.2, 0.25) is 0 Å². The molecule has 0 aliphatic carbocycles. The predicted octanol–water partition coefficient (Wildman–Crippen LogP) is 2.11. The standard InChI is InChI=1S/C11H22N4/c1-4-9(3)6-10(5-2)12-7-11-13-8-14-15-11/h8-10,12H,4-7H2,1-3H3,(H,13,14,15). The molecule has 0 radical (unpaired) electrons. The average molecular weight is 210 g/mol. The zero-order chi connectivity index (χ0) is 11.1. The van der Waals surface area contributed by atoms with Gasteiger partial charge in [-0.3, -0.25) is 5.10 Å². The Kier molecular flexibility index (Phi) is 5.32. The molecule has 0 fully saturated rings. The minimum Gasteiger partial charge on any atom is -0.307 e. The third kappa shape index (κ3) is 4.42. The van der Waals surface area contributed by atoms with Crippen LogP contribution in [-0.4, -0.2) is 21.2 Å². The van der Waals surface area contributed by atoms with E-state index in [1.807, 2.05) is 0 Å². The molecule has 1 aromatic heterocycles. The first-order valence-electron chi connectivity index (χ1n) is 5.83. The average Bonchev–Trinajstić information content (AvgIpc) is 2.76. The van der Waals surface area contributed by atoms with Gasteiger partial charge in [0.15, 0.2) is 0 Å². The van der Waals surface area contributed by atoms with Crippen LogP contribution in [0.4, 0.5) is 0 Å². The molecule has 0 spiro atoms. The van der Waals surface area contributed by atoms with Gasteiger partial charge in [-0.2, -0.15) is 5.10 Å². The largest absolute Gasteiger partial charge is 0.307 e. The fourth-order valence-corrected chi connectivity index (χ4v) is 1.60. The van der Waals surface area contributed by atoms with Gasteiger partial charge in [0, 0.05) is 6.04 Å². The maximum Gasteiger partial charge on any atom is 0.138 e. The van der Waals surface area contributed by atoms with E-state index in [4.69, 9.17) is 0 Å². The van der Waals surface area contributed by atoms with Crippen LogP contribution in [0.1, 0.15) is 45.9 Å². The number of aromatic nitrogens is 3. The van der Waals surface area contributed by atoms with Gasteiger partial charge >= 0.3 is 0 Å². The second-order valence-electron chi connectivity index (χ2n) is 4.17. The molecule has 4 heteroatoms. The molecule has 86 valence electrons. The van der Waals surface area contributed by atoms with Crippen LogP contribution in [0.2, 0.25) is 0 Å². The molecule has 0 aromatic carbocycles. The van der Waals surface area contributed by atoms with E-state index in [1.165, 1.54) is 19.3 Å². The first-order valence-corrected chi connectivity index (χ1v) is 5.83. The molecule has 1 rings (SSSR count). The van der Waals surface area contributed by atoms with Crippen molar-refractivity contribution in [1.29, 1.82) is 0 Å². The number of hydrogen-bond donors (Lipinski definition) is 2.